The van der Waals surface area contributed by atoms with Crippen molar-refractivity contribution in [3.05, 3.63) is 0 Å². The maximum atomic E-state index is 5.39. The van der Waals surface area contributed by atoms with E-state index in [1.807, 2.05) is 0 Å². The average Bonchev–Trinajstić information content (AvgIpc) is 1.77. The van der Waals surface area contributed by atoms with Gasteiger partial charge in [0, 0.05) is 0 Å². The largest absolute Gasteiger partial charge is 0.183 e. The van der Waals surface area contributed by atoms with E-state index in [4.69, 9.17) is 23.4 Å². The molecule has 0 radical (unpaired) electrons. The van der Waals surface area contributed by atoms with Crippen LogP contribution in [0.3, 0.4) is 0 Å². The Kier molecular flexibility index (Phi) is 1.65. The zero-order valence-electron chi connectivity index (χ0n) is 3.70. The molecule has 0 spiro atoms. The minimum Gasteiger partial charge on any atom is -0.146 e. The van der Waals surface area contributed by atoms with Gasteiger partial charge in [0.1, 0.15) is 0 Å². The van der Waals surface area contributed by atoms with Gasteiger partial charge in [0.15, 0.2) is 5.50 Å². The van der Waals surface area contributed by atoms with E-state index in [1.165, 1.54) is 6.21 Å². The summed E-state index contributed by atoms with van der Waals surface area (Å²) < 4.78 is 0.818. The smallest absolute Gasteiger partial charge is 0.146 e. The first-order valence-electron chi connectivity index (χ1n) is 1.84. The first-order chi connectivity index (χ1) is 3.79. The molecule has 0 aromatic carbocycles. The van der Waals surface area contributed by atoms with Crippen LogP contribution >= 0.6 is 23.4 Å². The van der Waals surface area contributed by atoms with Gasteiger partial charge in [-0.15, -0.1) is 10.2 Å². The highest BCUT2D eigenvalue weighted by atomic mass is 35.5. The van der Waals surface area contributed by atoms with Crippen LogP contribution in [-0.2, 0) is 0 Å². The SMILES string of the molecule is ClC1C=NN(Cl)N=N1. The minimum atomic E-state index is -0.468. The number of alkyl halides is 1. The molecule has 0 N–H and O–H groups in total. The number of hydrogen-bond donors (Lipinski definition) is 0. The second kappa shape index (κ2) is 2.28. The lowest BCUT2D eigenvalue weighted by Gasteiger charge is -2.04. The second-order valence-corrected chi connectivity index (χ2v) is 1.83. The maximum Gasteiger partial charge on any atom is 0.183 e. The standard InChI is InChI=1S/C2H2Cl2N4/c3-2-1-5-8(4)7-6-2/h1-2H. The van der Waals surface area contributed by atoms with E-state index in [9.17, 15) is 0 Å². The van der Waals surface area contributed by atoms with Gasteiger partial charge in [0.2, 0.25) is 0 Å². The van der Waals surface area contributed by atoms with Crippen LogP contribution in [0.4, 0.5) is 0 Å². The number of hydrazone groups is 1. The Hall–Kier alpha value is -0.350. The molecule has 0 saturated carbocycles. The molecule has 1 rings (SSSR count). The quantitative estimate of drug-likeness (QED) is 0.294. The highest BCUT2D eigenvalue weighted by Crippen LogP contribution is 2.06. The molecular weight excluding hydrogens is 151 g/mol. The molecule has 0 aromatic rings. The van der Waals surface area contributed by atoms with Crippen molar-refractivity contribution in [3.63, 3.8) is 0 Å². The van der Waals surface area contributed by atoms with E-state index in [-0.39, 0.29) is 0 Å². The lowest BCUT2D eigenvalue weighted by atomic mass is 10.7. The molecular formula is C2H2Cl2N4. The molecule has 8 heavy (non-hydrogen) atoms. The summed E-state index contributed by atoms with van der Waals surface area (Å²) in [5.41, 5.74) is -0.468. The molecule has 0 saturated heterocycles. The molecule has 4 nitrogen and oxygen atoms in total. The molecule has 0 amide bonds. The van der Waals surface area contributed by atoms with Gasteiger partial charge in [-0.2, -0.15) is 0 Å². The number of rotatable bonds is 0. The first kappa shape index (κ1) is 5.78. The van der Waals surface area contributed by atoms with E-state index < -0.39 is 5.50 Å². The van der Waals surface area contributed by atoms with Crippen molar-refractivity contribution >= 4 is 29.6 Å². The Balaban J connectivity index is 2.54. The van der Waals surface area contributed by atoms with Crippen molar-refractivity contribution in [1.29, 1.82) is 0 Å². The monoisotopic (exact) mass is 152 g/mol. The summed E-state index contributed by atoms with van der Waals surface area (Å²) >= 11 is 10.6. The normalized spacial score (nSPS) is 26.8. The lowest BCUT2D eigenvalue weighted by Crippen LogP contribution is -2.06. The summed E-state index contributed by atoms with van der Waals surface area (Å²) in [6, 6.07) is 0. The molecule has 0 fully saturated rings. The Morgan fingerprint density at radius 1 is 1.62 bits per heavy atom. The average molecular weight is 153 g/mol. The number of halogens is 2. The van der Waals surface area contributed by atoms with Crippen molar-refractivity contribution in [2.75, 3.05) is 0 Å². The molecule has 1 heterocycles. The maximum absolute atomic E-state index is 5.39. The fourth-order valence-electron chi connectivity index (χ4n) is 0.255. The summed E-state index contributed by atoms with van der Waals surface area (Å²) in [6.07, 6.45) is 1.38. The first-order valence-corrected chi connectivity index (χ1v) is 2.61. The zero-order valence-corrected chi connectivity index (χ0v) is 5.21. The van der Waals surface area contributed by atoms with Gasteiger partial charge in [-0.3, -0.25) is 0 Å². The molecule has 0 bridgehead atoms. The third-order valence-corrected chi connectivity index (χ3v) is 0.876. The Morgan fingerprint density at radius 2 is 2.38 bits per heavy atom. The van der Waals surface area contributed by atoms with Gasteiger partial charge in [0.05, 0.1) is 18.0 Å². The zero-order chi connectivity index (χ0) is 5.98. The van der Waals surface area contributed by atoms with Gasteiger partial charge < -0.3 is 0 Å². The predicted molar refractivity (Wildman–Crippen MR) is 30.7 cm³/mol. The van der Waals surface area contributed by atoms with Gasteiger partial charge in [0.25, 0.3) is 0 Å². The third-order valence-electron chi connectivity index (χ3n) is 0.521. The summed E-state index contributed by atoms with van der Waals surface area (Å²) in [4.78, 5) is 0. The molecule has 1 atom stereocenters. The van der Waals surface area contributed by atoms with Crippen molar-refractivity contribution in [3.8, 4) is 0 Å². The molecule has 44 valence electrons. The van der Waals surface area contributed by atoms with Gasteiger partial charge in [-0.25, -0.2) is 0 Å². The number of nitrogens with zero attached hydrogens (tertiary/aromatic N) is 4. The topological polar surface area (TPSA) is 40.3 Å². The molecule has 1 aliphatic heterocycles. The van der Waals surface area contributed by atoms with E-state index in [1.54, 1.807) is 0 Å². The molecule has 0 aromatic heterocycles. The van der Waals surface area contributed by atoms with E-state index >= 15 is 0 Å². The van der Waals surface area contributed by atoms with Crippen LogP contribution in [-0.4, -0.2) is 16.4 Å². The Morgan fingerprint density at radius 3 is 2.75 bits per heavy atom. The van der Waals surface area contributed by atoms with Crippen LogP contribution in [0.1, 0.15) is 0 Å². The van der Waals surface area contributed by atoms with Gasteiger partial charge in [-0.1, -0.05) is 16.2 Å². The Labute approximate surface area is 55.9 Å². The predicted octanol–water partition coefficient (Wildman–Crippen LogP) is 1.37. The fourth-order valence-corrected chi connectivity index (χ4v) is 0.434. The van der Waals surface area contributed by atoms with Gasteiger partial charge in [-0.05, 0) is 5.22 Å². The molecule has 1 aliphatic rings. The van der Waals surface area contributed by atoms with Crippen LogP contribution < -0.4 is 0 Å². The van der Waals surface area contributed by atoms with Crippen LogP contribution in [0.25, 0.3) is 0 Å². The van der Waals surface area contributed by atoms with Crippen LogP contribution in [0.2, 0.25) is 0 Å². The Bertz CT molecular complexity index is 104. The summed E-state index contributed by atoms with van der Waals surface area (Å²) in [5.74, 6) is 0. The van der Waals surface area contributed by atoms with Crippen molar-refractivity contribution in [2.45, 2.75) is 5.50 Å². The van der Waals surface area contributed by atoms with E-state index in [2.05, 4.69) is 15.4 Å². The van der Waals surface area contributed by atoms with Gasteiger partial charge >= 0.3 is 0 Å². The lowest BCUT2D eigenvalue weighted by molar-refractivity contribution is 0.463. The molecule has 6 heteroatoms. The fraction of sp³-hybridized carbons (Fsp3) is 0.500. The van der Waals surface area contributed by atoms with Crippen molar-refractivity contribution < 1.29 is 0 Å². The number of hydrogen-bond acceptors (Lipinski definition) is 4. The highest BCUT2D eigenvalue weighted by molar-refractivity contribution is 6.28. The molecule has 0 aliphatic carbocycles. The minimum absolute atomic E-state index is 0.468. The van der Waals surface area contributed by atoms with E-state index in [0.29, 0.717) is 0 Å². The second-order valence-electron chi connectivity index (χ2n) is 1.08. The van der Waals surface area contributed by atoms with Crippen LogP contribution in [0.5, 0.6) is 0 Å². The van der Waals surface area contributed by atoms with Crippen LogP contribution in [0.15, 0.2) is 15.4 Å². The summed E-state index contributed by atoms with van der Waals surface area (Å²) in [5, 5.41) is 10.2. The summed E-state index contributed by atoms with van der Waals surface area (Å²) in [7, 11) is 0. The third kappa shape index (κ3) is 1.31. The molecule has 1 unspecified atom stereocenters. The van der Waals surface area contributed by atoms with E-state index in [0.717, 1.165) is 4.64 Å². The van der Waals surface area contributed by atoms with Crippen molar-refractivity contribution in [2.24, 2.45) is 15.4 Å². The van der Waals surface area contributed by atoms with Crippen molar-refractivity contribution in [1.82, 2.24) is 4.64 Å². The summed E-state index contributed by atoms with van der Waals surface area (Å²) in [6.45, 7) is 0. The highest BCUT2D eigenvalue weighted by Gasteiger charge is 2.03. The van der Waals surface area contributed by atoms with Crippen LogP contribution in [0, 0.1) is 0 Å².